The summed E-state index contributed by atoms with van der Waals surface area (Å²) in [5.74, 6) is -0.576. The van der Waals surface area contributed by atoms with Crippen molar-refractivity contribution < 1.29 is 14.8 Å². The SMILES string of the molecule is Cn1c(C(=O)N2CCn3cc(C(=O)NO)cc3C2)cc2ccccc21. The molecule has 3 aromatic rings. The van der Waals surface area contributed by atoms with Crippen LogP contribution in [0, 0.1) is 0 Å². The molecule has 25 heavy (non-hydrogen) atoms. The Bertz CT molecular complexity index is 986. The number of hydrogen-bond donors (Lipinski definition) is 2. The molecule has 7 heteroatoms. The molecule has 0 unspecified atom stereocenters. The normalized spacial score (nSPS) is 13.8. The molecular weight excluding hydrogens is 320 g/mol. The van der Waals surface area contributed by atoms with Crippen LogP contribution >= 0.6 is 0 Å². The smallest absolute Gasteiger partial charge is 0.276 e. The van der Waals surface area contributed by atoms with Crippen LogP contribution in [0.25, 0.3) is 10.9 Å². The Morgan fingerprint density at radius 2 is 1.96 bits per heavy atom. The van der Waals surface area contributed by atoms with E-state index in [-0.39, 0.29) is 5.91 Å². The van der Waals surface area contributed by atoms with Gasteiger partial charge in [-0.3, -0.25) is 14.8 Å². The van der Waals surface area contributed by atoms with Crippen molar-refractivity contribution in [3.63, 3.8) is 0 Å². The van der Waals surface area contributed by atoms with Crippen LogP contribution in [0.3, 0.4) is 0 Å². The maximum Gasteiger partial charge on any atom is 0.276 e. The Hall–Kier alpha value is -3.06. The van der Waals surface area contributed by atoms with E-state index in [2.05, 4.69) is 0 Å². The lowest BCUT2D eigenvalue weighted by molar-refractivity contribution is 0.0697. The van der Waals surface area contributed by atoms with E-state index >= 15 is 0 Å². The van der Waals surface area contributed by atoms with Crippen LogP contribution in [0.4, 0.5) is 0 Å². The van der Waals surface area contributed by atoms with Gasteiger partial charge in [0.15, 0.2) is 0 Å². The summed E-state index contributed by atoms with van der Waals surface area (Å²) in [6.45, 7) is 1.62. The summed E-state index contributed by atoms with van der Waals surface area (Å²) in [5, 5.41) is 9.80. The fourth-order valence-corrected chi connectivity index (χ4v) is 3.42. The van der Waals surface area contributed by atoms with Gasteiger partial charge in [-0.1, -0.05) is 18.2 Å². The molecule has 2 amide bonds. The Balaban J connectivity index is 1.62. The van der Waals surface area contributed by atoms with Crippen LogP contribution in [0.1, 0.15) is 26.5 Å². The molecule has 0 atom stereocenters. The summed E-state index contributed by atoms with van der Waals surface area (Å²) in [4.78, 5) is 26.3. The third-order valence-electron chi connectivity index (χ3n) is 4.77. The van der Waals surface area contributed by atoms with Gasteiger partial charge in [-0.2, -0.15) is 0 Å². The summed E-state index contributed by atoms with van der Waals surface area (Å²) in [5.41, 5.74) is 4.56. The first-order valence-electron chi connectivity index (χ1n) is 8.05. The zero-order valence-electron chi connectivity index (χ0n) is 13.8. The van der Waals surface area contributed by atoms with Crippen molar-refractivity contribution in [2.75, 3.05) is 6.54 Å². The van der Waals surface area contributed by atoms with Crippen molar-refractivity contribution in [2.45, 2.75) is 13.1 Å². The Morgan fingerprint density at radius 1 is 1.16 bits per heavy atom. The standard InChI is InChI=1S/C18H18N4O3/c1-20-15-5-3-2-4-12(15)9-16(20)18(24)22-7-6-21-10-13(17(23)19-25)8-14(21)11-22/h2-5,8-10,25H,6-7,11H2,1H3,(H,19,23). The lowest BCUT2D eigenvalue weighted by atomic mass is 10.2. The number of hydroxylamine groups is 1. The molecule has 0 aliphatic carbocycles. The molecule has 0 fully saturated rings. The van der Waals surface area contributed by atoms with E-state index in [0.29, 0.717) is 30.9 Å². The molecule has 0 saturated carbocycles. The predicted octanol–water partition coefficient (Wildman–Crippen LogP) is 1.75. The van der Waals surface area contributed by atoms with Crippen molar-refractivity contribution >= 4 is 22.7 Å². The van der Waals surface area contributed by atoms with Gasteiger partial charge < -0.3 is 14.0 Å². The number of amides is 2. The summed E-state index contributed by atoms with van der Waals surface area (Å²) in [7, 11) is 1.89. The molecule has 2 aromatic heterocycles. The van der Waals surface area contributed by atoms with Gasteiger partial charge in [0.05, 0.1) is 12.1 Å². The number of aryl methyl sites for hydroxylation is 1. The first kappa shape index (κ1) is 15.5. The molecule has 0 saturated heterocycles. The summed E-state index contributed by atoms with van der Waals surface area (Å²) >= 11 is 0. The van der Waals surface area contributed by atoms with E-state index in [1.54, 1.807) is 22.6 Å². The van der Waals surface area contributed by atoms with Crippen LogP contribution < -0.4 is 5.48 Å². The minimum Gasteiger partial charge on any atom is -0.347 e. The van der Waals surface area contributed by atoms with Gasteiger partial charge in [0, 0.05) is 42.9 Å². The molecule has 1 aliphatic rings. The zero-order chi connectivity index (χ0) is 17.6. The van der Waals surface area contributed by atoms with Crippen molar-refractivity contribution in [1.82, 2.24) is 19.5 Å². The van der Waals surface area contributed by atoms with Gasteiger partial charge in [-0.15, -0.1) is 0 Å². The van der Waals surface area contributed by atoms with E-state index in [9.17, 15) is 9.59 Å². The molecule has 1 aromatic carbocycles. The molecule has 128 valence electrons. The lowest BCUT2D eigenvalue weighted by Gasteiger charge is -2.28. The first-order chi connectivity index (χ1) is 12.1. The average molecular weight is 338 g/mol. The molecular formula is C18H18N4O3. The minimum atomic E-state index is -0.548. The summed E-state index contributed by atoms with van der Waals surface area (Å²) in [6, 6.07) is 11.5. The molecule has 0 bridgehead atoms. The van der Waals surface area contributed by atoms with Crippen LogP contribution in [0.15, 0.2) is 42.6 Å². The van der Waals surface area contributed by atoms with Gasteiger partial charge in [0.25, 0.3) is 11.8 Å². The van der Waals surface area contributed by atoms with Crippen molar-refractivity contribution in [3.8, 4) is 0 Å². The number of benzene rings is 1. The number of hydrogen-bond acceptors (Lipinski definition) is 3. The highest BCUT2D eigenvalue weighted by molar-refractivity contribution is 5.99. The number of carbonyl (C=O) groups excluding carboxylic acids is 2. The Kier molecular flexibility index (Phi) is 3.58. The van der Waals surface area contributed by atoms with Crippen LogP contribution in [0.5, 0.6) is 0 Å². The maximum absolute atomic E-state index is 13.0. The van der Waals surface area contributed by atoms with E-state index in [1.165, 1.54) is 0 Å². The minimum absolute atomic E-state index is 0.0284. The second kappa shape index (κ2) is 5.78. The second-order valence-corrected chi connectivity index (χ2v) is 6.23. The number of aromatic nitrogens is 2. The Morgan fingerprint density at radius 3 is 2.72 bits per heavy atom. The number of nitrogens with one attached hydrogen (secondary N) is 1. The number of nitrogens with zero attached hydrogens (tertiary/aromatic N) is 3. The van der Waals surface area contributed by atoms with Crippen LogP contribution in [-0.2, 0) is 20.1 Å². The molecule has 0 spiro atoms. The van der Waals surface area contributed by atoms with Gasteiger partial charge in [0.2, 0.25) is 0 Å². The summed E-state index contributed by atoms with van der Waals surface area (Å²) < 4.78 is 3.85. The molecule has 1 aliphatic heterocycles. The van der Waals surface area contributed by atoms with E-state index in [4.69, 9.17) is 5.21 Å². The highest BCUT2D eigenvalue weighted by atomic mass is 16.5. The van der Waals surface area contributed by atoms with E-state index < -0.39 is 5.91 Å². The van der Waals surface area contributed by atoms with Gasteiger partial charge in [-0.25, -0.2) is 5.48 Å². The molecule has 3 heterocycles. The fraction of sp³-hybridized carbons (Fsp3) is 0.222. The highest BCUT2D eigenvalue weighted by Gasteiger charge is 2.25. The van der Waals surface area contributed by atoms with Gasteiger partial charge in [0.1, 0.15) is 5.69 Å². The van der Waals surface area contributed by atoms with Gasteiger partial charge >= 0.3 is 0 Å². The quantitative estimate of drug-likeness (QED) is 0.552. The average Bonchev–Trinajstić information content (AvgIpc) is 3.21. The topological polar surface area (TPSA) is 79.5 Å². The number of fused-ring (bicyclic) bond motifs is 2. The third kappa shape index (κ3) is 2.49. The van der Waals surface area contributed by atoms with Crippen molar-refractivity contribution in [3.05, 3.63) is 59.5 Å². The molecule has 2 N–H and O–H groups in total. The lowest BCUT2D eigenvalue weighted by Crippen LogP contribution is -2.38. The summed E-state index contributed by atoms with van der Waals surface area (Å²) in [6.07, 6.45) is 1.69. The molecule has 4 rings (SSSR count). The van der Waals surface area contributed by atoms with Crippen molar-refractivity contribution in [1.29, 1.82) is 0 Å². The second-order valence-electron chi connectivity index (χ2n) is 6.23. The zero-order valence-corrected chi connectivity index (χ0v) is 13.8. The Labute approximate surface area is 144 Å². The maximum atomic E-state index is 13.0. The highest BCUT2D eigenvalue weighted by Crippen LogP contribution is 2.22. The fourth-order valence-electron chi connectivity index (χ4n) is 3.42. The number of rotatable bonds is 2. The van der Waals surface area contributed by atoms with Crippen LogP contribution in [-0.4, -0.2) is 37.6 Å². The molecule has 0 radical (unpaired) electrons. The third-order valence-corrected chi connectivity index (χ3v) is 4.77. The predicted molar refractivity (Wildman–Crippen MR) is 91.3 cm³/mol. The van der Waals surface area contributed by atoms with E-state index in [0.717, 1.165) is 16.6 Å². The van der Waals surface area contributed by atoms with Crippen molar-refractivity contribution in [2.24, 2.45) is 7.05 Å². The van der Waals surface area contributed by atoms with E-state index in [1.807, 2.05) is 46.5 Å². The van der Waals surface area contributed by atoms with Gasteiger partial charge in [-0.05, 0) is 18.2 Å². The number of para-hydroxylation sites is 1. The number of carbonyl (C=O) groups is 2. The largest absolute Gasteiger partial charge is 0.347 e. The van der Waals surface area contributed by atoms with Crippen LogP contribution in [0.2, 0.25) is 0 Å². The molecule has 7 nitrogen and oxygen atoms in total. The first-order valence-corrected chi connectivity index (χ1v) is 8.05. The monoisotopic (exact) mass is 338 g/mol.